The van der Waals surface area contributed by atoms with E-state index in [2.05, 4.69) is 57.1 Å². The van der Waals surface area contributed by atoms with Crippen LogP contribution >= 0.6 is 11.3 Å². The van der Waals surface area contributed by atoms with Gasteiger partial charge >= 0.3 is 0 Å². The second-order valence-electron chi connectivity index (χ2n) is 7.84. The predicted octanol–water partition coefficient (Wildman–Crippen LogP) is 4.16. The number of thiophene rings is 1. The smallest absolute Gasteiger partial charge is 0.0988 e. The van der Waals surface area contributed by atoms with Gasteiger partial charge in [0.15, 0.2) is 0 Å². The molecule has 5 rings (SSSR count). The summed E-state index contributed by atoms with van der Waals surface area (Å²) in [6.45, 7) is 5.16. The Morgan fingerprint density at radius 2 is 1.91 bits per heavy atom. The number of benzene rings is 1. The number of aromatic nitrogens is 3. The minimum Gasteiger partial charge on any atom is -0.379 e. The van der Waals surface area contributed by atoms with E-state index in [4.69, 9.17) is 9.84 Å². The molecule has 0 bridgehead atoms. The maximum atomic E-state index is 5.57. The first kappa shape index (κ1) is 21.0. The number of nitrogens with one attached hydrogen (secondary N) is 1. The van der Waals surface area contributed by atoms with Gasteiger partial charge in [0.1, 0.15) is 0 Å². The number of ether oxygens (including phenoxy) is 1. The van der Waals surface area contributed by atoms with E-state index in [0.717, 1.165) is 61.9 Å². The summed E-state index contributed by atoms with van der Waals surface area (Å²) in [5.41, 5.74) is 4.21. The molecule has 6 nitrogen and oxygen atoms in total. The molecule has 0 saturated carbocycles. The summed E-state index contributed by atoms with van der Waals surface area (Å²) in [5.74, 6) is 0. The van der Waals surface area contributed by atoms with Crippen LogP contribution in [-0.2, 0) is 11.3 Å². The highest BCUT2D eigenvalue weighted by molar-refractivity contribution is 7.10. The highest BCUT2D eigenvalue weighted by Crippen LogP contribution is 2.27. The monoisotopic (exact) mass is 445 g/mol. The fourth-order valence-corrected chi connectivity index (χ4v) is 4.98. The van der Waals surface area contributed by atoms with Crippen molar-refractivity contribution in [2.24, 2.45) is 0 Å². The summed E-state index contributed by atoms with van der Waals surface area (Å²) in [7, 11) is 0. The molecule has 4 heterocycles. The van der Waals surface area contributed by atoms with Crippen molar-refractivity contribution >= 4 is 11.3 Å². The summed E-state index contributed by atoms with van der Waals surface area (Å²) < 4.78 is 7.53. The quantitative estimate of drug-likeness (QED) is 0.441. The molecule has 7 heteroatoms. The number of para-hydroxylation sites is 1. The van der Waals surface area contributed by atoms with Crippen LogP contribution in [0.5, 0.6) is 0 Å². The van der Waals surface area contributed by atoms with Crippen LogP contribution in [0.2, 0.25) is 0 Å². The molecular formula is C25H27N5OS. The molecule has 0 radical (unpaired) electrons. The Morgan fingerprint density at radius 3 is 2.66 bits per heavy atom. The third kappa shape index (κ3) is 4.81. The molecule has 1 saturated heterocycles. The van der Waals surface area contributed by atoms with Crippen LogP contribution in [0.3, 0.4) is 0 Å². The minimum absolute atomic E-state index is 0.352. The maximum absolute atomic E-state index is 5.57. The van der Waals surface area contributed by atoms with E-state index in [0.29, 0.717) is 6.04 Å². The van der Waals surface area contributed by atoms with Gasteiger partial charge in [-0.25, -0.2) is 4.68 Å². The molecule has 1 unspecified atom stereocenters. The lowest BCUT2D eigenvalue weighted by atomic mass is 10.1. The predicted molar refractivity (Wildman–Crippen MR) is 128 cm³/mol. The normalized spacial score (nSPS) is 15.6. The van der Waals surface area contributed by atoms with Crippen molar-refractivity contribution in [1.82, 2.24) is 25.0 Å². The van der Waals surface area contributed by atoms with Crippen molar-refractivity contribution < 1.29 is 4.74 Å². The zero-order valence-corrected chi connectivity index (χ0v) is 18.7. The van der Waals surface area contributed by atoms with Crippen LogP contribution in [0.25, 0.3) is 16.9 Å². The highest BCUT2D eigenvalue weighted by Gasteiger charge is 2.23. The molecule has 1 fully saturated rings. The molecule has 0 spiro atoms. The van der Waals surface area contributed by atoms with E-state index in [1.54, 1.807) is 6.20 Å². The summed E-state index contributed by atoms with van der Waals surface area (Å²) in [6, 6.07) is 19.0. The summed E-state index contributed by atoms with van der Waals surface area (Å²) >= 11 is 1.83. The summed E-state index contributed by atoms with van der Waals surface area (Å²) in [5, 5.41) is 10.8. The first-order valence-corrected chi connectivity index (χ1v) is 11.9. The molecule has 0 aliphatic carbocycles. The van der Waals surface area contributed by atoms with Gasteiger partial charge in [-0.15, -0.1) is 11.3 Å². The van der Waals surface area contributed by atoms with Gasteiger partial charge in [-0.3, -0.25) is 9.88 Å². The third-order valence-corrected chi connectivity index (χ3v) is 6.73. The van der Waals surface area contributed by atoms with Crippen molar-refractivity contribution in [3.05, 3.63) is 89.0 Å². The first-order chi connectivity index (χ1) is 15.9. The van der Waals surface area contributed by atoms with Crippen molar-refractivity contribution in [3.63, 3.8) is 0 Å². The average molecular weight is 446 g/mol. The third-order valence-electron chi connectivity index (χ3n) is 5.76. The van der Waals surface area contributed by atoms with E-state index in [-0.39, 0.29) is 0 Å². The zero-order chi connectivity index (χ0) is 21.6. The molecule has 1 N–H and O–H groups in total. The Morgan fingerprint density at radius 1 is 1.03 bits per heavy atom. The lowest BCUT2D eigenvalue weighted by Gasteiger charge is -2.34. The number of pyridine rings is 1. The van der Waals surface area contributed by atoms with E-state index in [1.165, 1.54) is 4.88 Å². The SMILES string of the molecule is c1ccc(-n2cc(CNCC(c3cccs3)N3CCOCC3)c(-c3cccnc3)n2)cc1. The molecule has 4 aromatic rings. The summed E-state index contributed by atoms with van der Waals surface area (Å²) in [4.78, 5) is 8.22. The second kappa shape index (κ2) is 10.2. The van der Waals surface area contributed by atoms with Crippen LogP contribution in [0, 0.1) is 0 Å². The van der Waals surface area contributed by atoms with Gasteiger partial charge < -0.3 is 10.1 Å². The van der Waals surface area contributed by atoms with Crippen LogP contribution in [0.1, 0.15) is 16.5 Å². The maximum Gasteiger partial charge on any atom is 0.0988 e. The first-order valence-electron chi connectivity index (χ1n) is 11.0. The molecule has 1 aromatic carbocycles. The lowest BCUT2D eigenvalue weighted by molar-refractivity contribution is 0.0168. The highest BCUT2D eigenvalue weighted by atomic mass is 32.1. The van der Waals surface area contributed by atoms with Crippen molar-refractivity contribution in [2.45, 2.75) is 12.6 Å². The zero-order valence-electron chi connectivity index (χ0n) is 17.9. The van der Waals surface area contributed by atoms with Gasteiger partial charge in [0.2, 0.25) is 0 Å². The van der Waals surface area contributed by atoms with Gasteiger partial charge in [-0.2, -0.15) is 5.10 Å². The fraction of sp³-hybridized carbons (Fsp3) is 0.280. The second-order valence-corrected chi connectivity index (χ2v) is 8.81. The Balaban J connectivity index is 1.36. The van der Waals surface area contributed by atoms with Crippen LogP contribution in [-0.4, -0.2) is 52.5 Å². The topological polar surface area (TPSA) is 55.2 Å². The van der Waals surface area contributed by atoms with E-state index in [1.807, 2.05) is 46.5 Å². The van der Waals surface area contributed by atoms with Crippen molar-refractivity contribution in [2.75, 3.05) is 32.8 Å². The number of rotatable bonds is 8. The van der Waals surface area contributed by atoms with Gasteiger partial charge in [0.25, 0.3) is 0 Å². The van der Waals surface area contributed by atoms with E-state index in [9.17, 15) is 0 Å². The Labute approximate surface area is 192 Å². The molecule has 0 amide bonds. The number of hydrogen-bond donors (Lipinski definition) is 1. The van der Waals surface area contributed by atoms with E-state index < -0.39 is 0 Å². The molecule has 3 aromatic heterocycles. The van der Waals surface area contributed by atoms with Crippen LogP contribution < -0.4 is 5.32 Å². The van der Waals surface area contributed by atoms with Crippen LogP contribution in [0.4, 0.5) is 0 Å². The molecule has 164 valence electrons. The Bertz CT molecular complexity index is 1090. The van der Waals surface area contributed by atoms with Crippen molar-refractivity contribution in [1.29, 1.82) is 0 Å². The van der Waals surface area contributed by atoms with Gasteiger partial charge in [0.05, 0.1) is 30.6 Å². The van der Waals surface area contributed by atoms with Gasteiger partial charge in [0, 0.05) is 60.8 Å². The fourth-order valence-electron chi connectivity index (χ4n) is 4.12. The van der Waals surface area contributed by atoms with Crippen molar-refractivity contribution in [3.8, 4) is 16.9 Å². The number of hydrogen-bond acceptors (Lipinski definition) is 6. The standard InChI is InChI=1S/C25H27N5OS/c1-2-7-22(8-3-1)30-19-21(25(28-30)20-6-4-10-26-16-20)17-27-18-23(24-9-5-15-32-24)29-11-13-31-14-12-29/h1-10,15-16,19,23,27H,11-14,17-18H2. The lowest BCUT2D eigenvalue weighted by Crippen LogP contribution is -2.42. The van der Waals surface area contributed by atoms with Crippen LogP contribution in [0.15, 0.2) is 78.6 Å². The van der Waals surface area contributed by atoms with Gasteiger partial charge in [-0.05, 0) is 35.7 Å². The van der Waals surface area contributed by atoms with Gasteiger partial charge in [-0.1, -0.05) is 24.3 Å². The summed E-state index contributed by atoms with van der Waals surface area (Å²) in [6.07, 6.45) is 5.80. The molecular weight excluding hydrogens is 418 g/mol. The largest absolute Gasteiger partial charge is 0.379 e. The Hall–Kier alpha value is -2.84. The Kier molecular flexibility index (Phi) is 6.69. The van der Waals surface area contributed by atoms with E-state index >= 15 is 0 Å². The molecule has 32 heavy (non-hydrogen) atoms. The minimum atomic E-state index is 0.352. The number of morpholine rings is 1. The molecule has 1 aliphatic rings. The number of nitrogens with zero attached hydrogens (tertiary/aromatic N) is 4. The average Bonchev–Trinajstić information content (AvgIpc) is 3.54. The molecule has 1 aliphatic heterocycles. The molecule has 1 atom stereocenters.